The van der Waals surface area contributed by atoms with Crippen LogP contribution in [0.5, 0.6) is 5.75 Å². The summed E-state index contributed by atoms with van der Waals surface area (Å²) >= 11 is 0. The number of halogens is 1. The minimum atomic E-state index is -0.484. The molecule has 2 aliphatic rings. The number of urea groups is 1. The van der Waals surface area contributed by atoms with Crippen molar-refractivity contribution in [2.75, 3.05) is 19.7 Å². The quantitative estimate of drug-likeness (QED) is 0.389. The topological polar surface area (TPSA) is 78.5 Å². The number of amides is 2. The smallest absolute Gasteiger partial charge is 0.320 e. The van der Waals surface area contributed by atoms with Gasteiger partial charge < -0.3 is 19.5 Å². The Morgan fingerprint density at radius 2 is 1.82 bits per heavy atom. The lowest BCUT2D eigenvalue weighted by molar-refractivity contribution is -0.122. The number of H-pyrrole nitrogens is 1. The summed E-state index contributed by atoms with van der Waals surface area (Å²) < 4.78 is 20.0. The van der Waals surface area contributed by atoms with E-state index in [1.165, 1.54) is 12.1 Å². The van der Waals surface area contributed by atoms with Crippen LogP contribution in [0.3, 0.4) is 0 Å². The summed E-state index contributed by atoms with van der Waals surface area (Å²) in [5, 5.41) is 0. The van der Waals surface area contributed by atoms with Crippen molar-refractivity contribution in [3.63, 3.8) is 0 Å². The van der Waals surface area contributed by atoms with Gasteiger partial charge in [0, 0.05) is 42.9 Å². The van der Waals surface area contributed by atoms with Gasteiger partial charge in [0.1, 0.15) is 29.8 Å². The number of fused-ring (bicyclic) bond motifs is 1. The van der Waals surface area contributed by atoms with Crippen molar-refractivity contribution < 1.29 is 18.7 Å². The standard InChI is InChI=1S/C30H27FN4O3/c31-25-3-1-2-23(17-25)27-18-26(36)10-13-35(27)30(37)34-14-15-38-28-9-8-22(16-24(28)19-34)20-4-6-21(7-5-20)29-32-11-12-33-29/h1-9,11-12,16-17,27H,10,13-15,18-19H2,(H,32,33). The third-order valence-electron chi connectivity index (χ3n) is 7.21. The number of carbonyl (C=O) groups is 2. The van der Waals surface area contributed by atoms with Crippen LogP contribution in [0.25, 0.3) is 22.5 Å². The molecule has 1 unspecified atom stereocenters. The first-order valence-corrected chi connectivity index (χ1v) is 12.7. The van der Waals surface area contributed by atoms with E-state index in [0.29, 0.717) is 38.2 Å². The van der Waals surface area contributed by atoms with E-state index in [4.69, 9.17) is 4.74 Å². The molecular weight excluding hydrogens is 483 g/mol. The summed E-state index contributed by atoms with van der Waals surface area (Å²) in [4.78, 5) is 36.9. The van der Waals surface area contributed by atoms with Gasteiger partial charge >= 0.3 is 6.03 Å². The lowest BCUT2D eigenvalue weighted by Gasteiger charge is -2.38. The number of hydrogen-bond donors (Lipinski definition) is 1. The molecule has 0 bridgehead atoms. The highest BCUT2D eigenvalue weighted by Gasteiger charge is 2.35. The van der Waals surface area contributed by atoms with Gasteiger partial charge in [-0.1, -0.05) is 42.5 Å². The molecule has 1 fully saturated rings. The maximum atomic E-state index is 14.0. The summed E-state index contributed by atoms with van der Waals surface area (Å²) in [6.45, 7) is 1.48. The van der Waals surface area contributed by atoms with E-state index in [1.807, 2.05) is 36.4 Å². The molecule has 6 rings (SSSR count). The fraction of sp³-hybridized carbons (Fsp3) is 0.233. The normalized spacial score (nSPS) is 17.5. The van der Waals surface area contributed by atoms with Crippen molar-refractivity contribution >= 4 is 11.8 Å². The number of carbonyl (C=O) groups excluding carboxylic acids is 2. The first-order chi connectivity index (χ1) is 18.5. The van der Waals surface area contributed by atoms with Crippen molar-refractivity contribution in [1.82, 2.24) is 19.8 Å². The van der Waals surface area contributed by atoms with Gasteiger partial charge in [-0.05, 0) is 41.0 Å². The molecule has 1 saturated heterocycles. The molecule has 8 heteroatoms. The zero-order valence-electron chi connectivity index (χ0n) is 20.8. The van der Waals surface area contributed by atoms with Crippen LogP contribution in [0, 0.1) is 5.82 Å². The lowest BCUT2D eigenvalue weighted by atomic mass is 9.94. The molecule has 2 aliphatic heterocycles. The molecule has 7 nitrogen and oxygen atoms in total. The molecule has 1 N–H and O–H groups in total. The molecule has 38 heavy (non-hydrogen) atoms. The highest BCUT2D eigenvalue weighted by atomic mass is 19.1. The van der Waals surface area contributed by atoms with Gasteiger partial charge in [-0.25, -0.2) is 14.2 Å². The Morgan fingerprint density at radius 1 is 1.00 bits per heavy atom. The molecular formula is C30H27FN4O3. The number of Topliss-reactive ketones (excluding diaryl/α,β-unsaturated/α-hetero) is 1. The average molecular weight is 511 g/mol. The van der Waals surface area contributed by atoms with Gasteiger partial charge in [-0.2, -0.15) is 0 Å². The molecule has 192 valence electrons. The molecule has 0 radical (unpaired) electrons. The fourth-order valence-corrected chi connectivity index (χ4v) is 5.23. The maximum Gasteiger partial charge on any atom is 0.320 e. The summed E-state index contributed by atoms with van der Waals surface area (Å²) in [6.07, 6.45) is 4.01. The Balaban J connectivity index is 1.25. The summed E-state index contributed by atoms with van der Waals surface area (Å²) in [7, 11) is 0. The predicted octanol–water partition coefficient (Wildman–Crippen LogP) is 5.60. The van der Waals surface area contributed by atoms with E-state index in [-0.39, 0.29) is 24.1 Å². The van der Waals surface area contributed by atoms with Crippen molar-refractivity contribution in [3.8, 4) is 28.3 Å². The van der Waals surface area contributed by atoms with E-state index < -0.39 is 6.04 Å². The Kier molecular flexibility index (Phi) is 6.37. The first-order valence-electron chi connectivity index (χ1n) is 12.7. The van der Waals surface area contributed by atoms with Gasteiger partial charge in [0.25, 0.3) is 0 Å². The Hall–Kier alpha value is -4.46. The number of benzene rings is 3. The van der Waals surface area contributed by atoms with Crippen LogP contribution in [0.2, 0.25) is 0 Å². The lowest BCUT2D eigenvalue weighted by Crippen LogP contribution is -2.48. The number of rotatable bonds is 3. The summed E-state index contributed by atoms with van der Waals surface area (Å²) in [6, 6.07) is 19.7. The van der Waals surface area contributed by atoms with E-state index in [0.717, 1.165) is 33.8 Å². The van der Waals surface area contributed by atoms with Crippen LogP contribution in [0.15, 0.2) is 79.1 Å². The van der Waals surface area contributed by atoms with E-state index in [9.17, 15) is 14.0 Å². The average Bonchev–Trinajstić information content (AvgIpc) is 3.39. The van der Waals surface area contributed by atoms with Gasteiger partial charge in [0.05, 0.1) is 19.1 Å². The summed E-state index contributed by atoms with van der Waals surface area (Å²) in [5.41, 5.74) is 4.62. The second-order valence-electron chi connectivity index (χ2n) is 9.65. The van der Waals surface area contributed by atoms with Crippen molar-refractivity contribution in [2.24, 2.45) is 0 Å². The number of nitrogens with one attached hydrogen (secondary N) is 1. The summed E-state index contributed by atoms with van der Waals surface area (Å²) in [5.74, 6) is 1.27. The van der Waals surface area contributed by atoms with Crippen LogP contribution in [0.4, 0.5) is 9.18 Å². The molecule has 0 aliphatic carbocycles. The van der Waals surface area contributed by atoms with Crippen LogP contribution in [-0.2, 0) is 11.3 Å². The van der Waals surface area contributed by atoms with E-state index in [1.54, 1.807) is 34.3 Å². The number of ether oxygens (including phenoxy) is 1. The molecule has 1 aromatic heterocycles. The Morgan fingerprint density at radius 3 is 2.61 bits per heavy atom. The van der Waals surface area contributed by atoms with Gasteiger partial charge in [-0.3, -0.25) is 4.79 Å². The second-order valence-corrected chi connectivity index (χ2v) is 9.65. The SMILES string of the molecule is O=C1CCN(C(=O)N2CCOc3ccc(-c4ccc(-c5ncc[nH]5)cc4)cc3C2)C(c2cccc(F)c2)C1. The molecule has 2 amide bonds. The predicted molar refractivity (Wildman–Crippen MR) is 141 cm³/mol. The highest BCUT2D eigenvalue weighted by Crippen LogP contribution is 2.34. The number of aromatic nitrogens is 2. The molecule has 1 atom stereocenters. The largest absolute Gasteiger partial charge is 0.491 e. The zero-order valence-corrected chi connectivity index (χ0v) is 20.8. The molecule has 3 aromatic carbocycles. The number of hydrogen-bond acceptors (Lipinski definition) is 4. The minimum Gasteiger partial charge on any atom is -0.491 e. The monoisotopic (exact) mass is 510 g/mol. The number of nitrogens with zero attached hydrogens (tertiary/aromatic N) is 3. The molecule has 3 heterocycles. The van der Waals surface area contributed by atoms with E-state index >= 15 is 0 Å². The third-order valence-corrected chi connectivity index (χ3v) is 7.21. The maximum absolute atomic E-state index is 14.0. The van der Waals surface area contributed by atoms with Gasteiger partial charge in [0.15, 0.2) is 0 Å². The Bertz CT molecular complexity index is 1470. The number of imidazole rings is 1. The Labute approximate surface area is 219 Å². The number of aromatic amines is 1. The minimum absolute atomic E-state index is 0.0792. The molecule has 0 saturated carbocycles. The van der Waals surface area contributed by atoms with Crippen LogP contribution in [0.1, 0.15) is 30.0 Å². The van der Waals surface area contributed by atoms with Crippen molar-refractivity contribution in [1.29, 1.82) is 0 Å². The van der Waals surface area contributed by atoms with Crippen molar-refractivity contribution in [3.05, 3.63) is 96.1 Å². The van der Waals surface area contributed by atoms with Crippen LogP contribution >= 0.6 is 0 Å². The number of likely N-dealkylation sites (tertiary alicyclic amines) is 1. The van der Waals surface area contributed by atoms with Crippen molar-refractivity contribution in [2.45, 2.75) is 25.4 Å². The van der Waals surface area contributed by atoms with Gasteiger partial charge in [0.2, 0.25) is 0 Å². The third kappa shape index (κ3) is 4.77. The number of piperidine rings is 1. The second kappa shape index (κ2) is 10.1. The fourth-order valence-electron chi connectivity index (χ4n) is 5.23. The zero-order chi connectivity index (χ0) is 26.1. The van der Waals surface area contributed by atoms with Gasteiger partial charge in [-0.15, -0.1) is 0 Å². The molecule has 4 aromatic rings. The molecule has 0 spiro atoms. The number of ketones is 1. The van der Waals surface area contributed by atoms with E-state index in [2.05, 4.69) is 16.0 Å². The van der Waals surface area contributed by atoms with Crippen LogP contribution in [-0.4, -0.2) is 51.3 Å². The first kappa shape index (κ1) is 23.9. The van der Waals surface area contributed by atoms with Crippen LogP contribution < -0.4 is 4.74 Å². The highest BCUT2D eigenvalue weighted by molar-refractivity contribution is 5.84.